The molecule has 0 saturated heterocycles. The molecule has 3 nitrogen and oxygen atoms in total. The van der Waals surface area contributed by atoms with Gasteiger partial charge in [0, 0.05) is 13.8 Å². The summed E-state index contributed by atoms with van der Waals surface area (Å²) in [7, 11) is 0. The van der Waals surface area contributed by atoms with Crippen molar-refractivity contribution in [3.63, 3.8) is 0 Å². The third kappa shape index (κ3) is 1.30. The Morgan fingerprint density at radius 1 is 1.31 bits per heavy atom. The number of hydrogen-bond donors (Lipinski definition) is 0. The van der Waals surface area contributed by atoms with Crippen LogP contribution in [0.5, 0.6) is 0 Å². The largest absolute Gasteiger partial charge is 0.410 e. The lowest BCUT2D eigenvalue weighted by atomic mass is 10.3. The molecule has 0 bridgehead atoms. The van der Waals surface area contributed by atoms with Crippen LogP contribution >= 0.6 is 22.9 Å². The summed E-state index contributed by atoms with van der Waals surface area (Å²) in [4.78, 5) is 5.24. The van der Waals surface area contributed by atoms with Gasteiger partial charge in [0.1, 0.15) is 10.0 Å². The van der Waals surface area contributed by atoms with Crippen molar-refractivity contribution in [3.05, 3.63) is 21.4 Å². The predicted octanol–water partition coefficient (Wildman–Crippen LogP) is 1.86. The Labute approximate surface area is 85.0 Å². The molecule has 0 amide bonds. The Bertz CT molecular complexity index is 478. The second-order valence-electron chi connectivity index (χ2n) is 2.91. The molecule has 5 heteroatoms. The highest BCUT2D eigenvalue weighted by Crippen LogP contribution is 2.17. The molecular weight excluding hydrogens is 206 g/mol. The predicted molar refractivity (Wildman–Crippen MR) is 52.3 cm³/mol. The minimum atomic E-state index is 0.697. The fourth-order valence-electron chi connectivity index (χ4n) is 1.22. The number of halogens is 1. The number of aromatic nitrogens is 3. The summed E-state index contributed by atoms with van der Waals surface area (Å²) in [6, 6.07) is 0. The maximum atomic E-state index is 6.05. The number of aryl methyl sites for hydroxylation is 3. The molecule has 0 atom stereocenters. The quantitative estimate of drug-likeness (QED) is 0.627. The number of rotatable bonds is 0. The second kappa shape index (κ2) is 2.89. The van der Waals surface area contributed by atoms with Crippen LogP contribution in [0.1, 0.15) is 16.4 Å². The molecule has 2 aromatic heterocycles. The maximum absolute atomic E-state index is 6.05. The molecule has 0 aromatic carbocycles. The average Bonchev–Trinajstić information content (AvgIpc) is 2.42. The van der Waals surface area contributed by atoms with E-state index in [0.717, 1.165) is 21.4 Å². The zero-order chi connectivity index (χ0) is 9.59. The lowest BCUT2D eigenvalue weighted by molar-refractivity contribution is -0.585. The summed E-state index contributed by atoms with van der Waals surface area (Å²) in [5.41, 5.74) is 1.82. The van der Waals surface area contributed by atoms with Crippen molar-refractivity contribution >= 4 is 27.9 Å². The first kappa shape index (κ1) is 8.84. The van der Waals surface area contributed by atoms with E-state index in [1.807, 2.05) is 20.8 Å². The normalized spacial score (nSPS) is 11.1. The zero-order valence-corrected chi connectivity index (χ0v) is 9.20. The van der Waals surface area contributed by atoms with Gasteiger partial charge in [-0.05, 0) is 23.2 Å². The molecule has 0 N–H and O–H groups in total. The van der Waals surface area contributed by atoms with Crippen molar-refractivity contribution in [2.75, 3.05) is 0 Å². The van der Waals surface area contributed by atoms with Crippen LogP contribution in [0.3, 0.4) is 0 Å². The Kier molecular flexibility index (Phi) is 1.96. The van der Waals surface area contributed by atoms with Crippen molar-refractivity contribution < 1.29 is 4.52 Å². The van der Waals surface area contributed by atoms with Gasteiger partial charge >= 0.3 is 4.96 Å². The molecule has 2 heterocycles. The molecule has 2 aromatic rings. The molecule has 0 aliphatic rings. The lowest BCUT2D eigenvalue weighted by Crippen LogP contribution is -2.29. The summed E-state index contributed by atoms with van der Waals surface area (Å²) in [6.45, 7) is 5.82. The monoisotopic (exact) mass is 214 g/mol. The summed E-state index contributed by atoms with van der Waals surface area (Å²) in [6.07, 6.45) is 0. The van der Waals surface area contributed by atoms with E-state index in [4.69, 9.17) is 11.6 Å². The van der Waals surface area contributed by atoms with Crippen LogP contribution in [0.2, 0.25) is 5.02 Å². The van der Waals surface area contributed by atoms with E-state index in [9.17, 15) is 0 Å². The highest BCUT2D eigenvalue weighted by Gasteiger charge is 2.18. The first-order valence-electron chi connectivity index (χ1n) is 3.92. The summed E-state index contributed by atoms with van der Waals surface area (Å²) in [5, 5.41) is 6.00. The number of hydrogen-bond acceptors (Lipinski definition) is 3. The Balaban J connectivity index is 2.92. The van der Waals surface area contributed by atoms with E-state index in [-0.39, 0.29) is 0 Å². The molecule has 0 fully saturated rings. The minimum absolute atomic E-state index is 0.697. The Morgan fingerprint density at radius 2 is 2.00 bits per heavy atom. The van der Waals surface area contributed by atoms with Crippen molar-refractivity contribution in [2.24, 2.45) is 0 Å². The van der Waals surface area contributed by atoms with Crippen LogP contribution in [-0.2, 0) is 0 Å². The highest BCUT2D eigenvalue weighted by atomic mass is 35.5. The van der Waals surface area contributed by atoms with Crippen LogP contribution < -0.4 is 4.52 Å². The van der Waals surface area contributed by atoms with Gasteiger partial charge in [0.25, 0.3) is 0 Å². The van der Waals surface area contributed by atoms with E-state index in [1.165, 1.54) is 0 Å². The van der Waals surface area contributed by atoms with Crippen LogP contribution in [0.25, 0.3) is 4.96 Å². The Hall–Kier alpha value is -0.740. The molecule has 0 aliphatic carbocycles. The van der Waals surface area contributed by atoms with Gasteiger partial charge in [-0.15, -0.1) is 0 Å². The van der Waals surface area contributed by atoms with Crippen molar-refractivity contribution in [3.8, 4) is 0 Å². The Morgan fingerprint density at radius 3 is 2.69 bits per heavy atom. The number of nitrogens with zero attached hydrogens (tertiary/aromatic N) is 3. The van der Waals surface area contributed by atoms with E-state index in [2.05, 4.69) is 10.1 Å². The van der Waals surface area contributed by atoms with Crippen LogP contribution in [-0.4, -0.2) is 10.1 Å². The molecule has 13 heavy (non-hydrogen) atoms. The highest BCUT2D eigenvalue weighted by molar-refractivity contribution is 7.16. The number of fused-ring (bicyclic) bond motifs is 1. The first-order chi connectivity index (χ1) is 6.09. The van der Waals surface area contributed by atoms with Gasteiger partial charge in [0.05, 0.1) is 0 Å². The van der Waals surface area contributed by atoms with Crippen LogP contribution in [0.4, 0.5) is 0 Å². The summed E-state index contributed by atoms with van der Waals surface area (Å²) >= 11 is 7.62. The topological polar surface area (TPSA) is 29.9 Å². The average molecular weight is 215 g/mol. The SMILES string of the molecule is Cc1n[n+]2c(C)c(Cl)c(C)nc2s1. The van der Waals surface area contributed by atoms with E-state index >= 15 is 0 Å². The second-order valence-corrected chi connectivity index (χ2v) is 4.45. The molecular formula is C8H9ClN3S+. The van der Waals surface area contributed by atoms with Crippen molar-refractivity contribution in [1.82, 2.24) is 10.1 Å². The molecule has 0 aliphatic heterocycles. The molecule has 0 spiro atoms. The van der Waals surface area contributed by atoms with Gasteiger partial charge in [0.15, 0.2) is 11.4 Å². The summed E-state index contributed by atoms with van der Waals surface area (Å²) < 4.78 is 1.79. The van der Waals surface area contributed by atoms with Crippen molar-refractivity contribution in [2.45, 2.75) is 20.8 Å². The van der Waals surface area contributed by atoms with Gasteiger partial charge in [0.2, 0.25) is 0 Å². The molecule has 0 saturated carbocycles. The molecule has 68 valence electrons. The lowest BCUT2D eigenvalue weighted by Gasteiger charge is -1.92. The van der Waals surface area contributed by atoms with Crippen molar-refractivity contribution in [1.29, 1.82) is 0 Å². The molecule has 2 rings (SSSR count). The first-order valence-corrected chi connectivity index (χ1v) is 5.11. The van der Waals surface area contributed by atoms with E-state index < -0.39 is 0 Å². The molecule has 0 unspecified atom stereocenters. The smallest absolute Gasteiger partial charge is 0.0865 e. The zero-order valence-electron chi connectivity index (χ0n) is 7.63. The fraction of sp³-hybridized carbons (Fsp3) is 0.375. The third-order valence-electron chi connectivity index (χ3n) is 1.88. The van der Waals surface area contributed by atoms with Crippen LogP contribution in [0, 0.1) is 20.8 Å². The van der Waals surface area contributed by atoms with E-state index in [1.54, 1.807) is 15.9 Å². The minimum Gasteiger partial charge on any atom is -0.0865 e. The summed E-state index contributed by atoms with van der Waals surface area (Å²) in [5.74, 6) is 0. The fourth-order valence-corrected chi connectivity index (χ4v) is 2.17. The van der Waals surface area contributed by atoms with Crippen LogP contribution in [0.15, 0.2) is 0 Å². The van der Waals surface area contributed by atoms with Gasteiger partial charge in [-0.1, -0.05) is 21.2 Å². The maximum Gasteiger partial charge on any atom is 0.410 e. The molecule has 0 radical (unpaired) electrons. The van der Waals surface area contributed by atoms with Gasteiger partial charge in [-0.3, -0.25) is 0 Å². The van der Waals surface area contributed by atoms with Gasteiger partial charge in [-0.2, -0.15) is 0 Å². The van der Waals surface area contributed by atoms with Gasteiger partial charge in [-0.25, -0.2) is 0 Å². The standard InChI is InChI=1S/C8H9ClN3S/c1-4-7(9)5(2)12-8(10-4)13-6(3)11-12/h1-3H3/q+1. The third-order valence-corrected chi connectivity index (χ3v) is 3.25. The van der Waals surface area contributed by atoms with E-state index in [0.29, 0.717) is 5.02 Å². The van der Waals surface area contributed by atoms with Gasteiger partial charge < -0.3 is 0 Å².